The molecule has 0 saturated carbocycles. The molecular formula is C27H24N4O4. The van der Waals surface area contributed by atoms with Crippen LogP contribution >= 0.6 is 0 Å². The molecule has 1 aliphatic rings. The zero-order valence-corrected chi connectivity index (χ0v) is 19.2. The van der Waals surface area contributed by atoms with Crippen LogP contribution in [-0.4, -0.2) is 70.7 Å². The van der Waals surface area contributed by atoms with Crippen molar-refractivity contribution < 1.29 is 19.1 Å². The van der Waals surface area contributed by atoms with Gasteiger partial charge in [0.15, 0.2) is 0 Å². The highest BCUT2D eigenvalue weighted by Crippen LogP contribution is 2.36. The lowest BCUT2D eigenvalue weighted by molar-refractivity contribution is -0.127. The van der Waals surface area contributed by atoms with Crippen LogP contribution < -0.4 is 4.74 Å². The summed E-state index contributed by atoms with van der Waals surface area (Å²) in [6.07, 6.45) is 4.99. The van der Waals surface area contributed by atoms with Crippen molar-refractivity contribution in [3.63, 3.8) is 0 Å². The van der Waals surface area contributed by atoms with Crippen LogP contribution in [0, 0.1) is 0 Å². The Morgan fingerprint density at radius 3 is 2.34 bits per heavy atom. The molecule has 4 aromatic rings. The summed E-state index contributed by atoms with van der Waals surface area (Å²) in [6, 6.07) is 16.5. The van der Waals surface area contributed by atoms with Crippen LogP contribution in [-0.2, 0) is 4.79 Å². The van der Waals surface area contributed by atoms with Gasteiger partial charge in [-0.15, -0.1) is 0 Å². The van der Waals surface area contributed by atoms with Gasteiger partial charge in [0.05, 0.1) is 23.6 Å². The van der Waals surface area contributed by atoms with Crippen molar-refractivity contribution in [1.82, 2.24) is 19.8 Å². The molecule has 1 aliphatic heterocycles. The molecular weight excluding hydrogens is 444 g/mol. The zero-order chi connectivity index (χ0) is 24.4. The Morgan fingerprint density at radius 2 is 1.66 bits per heavy atom. The van der Waals surface area contributed by atoms with Gasteiger partial charge in [-0.2, -0.15) is 0 Å². The van der Waals surface area contributed by atoms with E-state index in [0.717, 1.165) is 11.1 Å². The number of nitrogens with zero attached hydrogens (tertiary/aromatic N) is 3. The standard InChI is InChI=1S/C27H24N4O4/c1-35-22-10-9-20(19-8-5-11-28-16-19)24-23(22)21(17-29-24)25(32)27(34)31-14-12-30(13-15-31)26(33)18-6-3-2-4-7-18/h2-11,16-17,29H,12-15H2,1H3. The molecule has 2 aromatic heterocycles. The second kappa shape index (κ2) is 9.42. The Kier molecular flexibility index (Phi) is 6.01. The fourth-order valence-electron chi connectivity index (χ4n) is 4.46. The molecule has 1 saturated heterocycles. The number of rotatable bonds is 5. The molecule has 0 bridgehead atoms. The molecule has 2 aromatic carbocycles. The van der Waals surface area contributed by atoms with Crippen molar-refractivity contribution >= 4 is 28.5 Å². The minimum Gasteiger partial charge on any atom is -0.496 e. The fraction of sp³-hybridized carbons (Fsp3) is 0.185. The minimum atomic E-state index is -0.610. The van der Waals surface area contributed by atoms with Gasteiger partial charge in [0.25, 0.3) is 17.6 Å². The lowest BCUT2D eigenvalue weighted by Crippen LogP contribution is -2.52. The molecule has 0 radical (unpaired) electrons. The Labute approximate surface area is 202 Å². The largest absolute Gasteiger partial charge is 0.496 e. The average molecular weight is 469 g/mol. The summed E-state index contributed by atoms with van der Waals surface area (Å²) < 4.78 is 5.52. The SMILES string of the molecule is COc1ccc(-c2cccnc2)c2[nH]cc(C(=O)C(=O)N3CCN(C(=O)c4ccccc4)CC3)c12. The van der Waals surface area contributed by atoms with Crippen LogP contribution in [0.15, 0.2) is 73.2 Å². The third-order valence-electron chi connectivity index (χ3n) is 6.30. The number of aromatic nitrogens is 2. The number of carbonyl (C=O) groups excluding carboxylic acids is 3. The van der Waals surface area contributed by atoms with E-state index in [-0.39, 0.29) is 11.5 Å². The first-order chi connectivity index (χ1) is 17.1. The number of nitrogens with one attached hydrogen (secondary N) is 1. The minimum absolute atomic E-state index is 0.0756. The van der Waals surface area contributed by atoms with Crippen LogP contribution in [0.1, 0.15) is 20.7 Å². The van der Waals surface area contributed by atoms with Gasteiger partial charge < -0.3 is 19.5 Å². The van der Waals surface area contributed by atoms with Crippen LogP contribution in [0.25, 0.3) is 22.0 Å². The second-order valence-corrected chi connectivity index (χ2v) is 8.29. The number of pyridine rings is 1. The van der Waals surface area contributed by atoms with Gasteiger partial charge in [-0.1, -0.05) is 24.3 Å². The summed E-state index contributed by atoms with van der Waals surface area (Å²) >= 11 is 0. The molecule has 35 heavy (non-hydrogen) atoms. The molecule has 8 nitrogen and oxygen atoms in total. The normalized spacial score (nSPS) is 13.6. The van der Waals surface area contributed by atoms with Crippen molar-refractivity contribution in [3.05, 3.63) is 84.3 Å². The maximum Gasteiger partial charge on any atom is 0.295 e. The predicted octanol–water partition coefficient (Wildman–Crippen LogP) is 3.41. The topological polar surface area (TPSA) is 95.6 Å². The summed E-state index contributed by atoms with van der Waals surface area (Å²) in [5, 5.41) is 0.560. The van der Waals surface area contributed by atoms with E-state index in [1.165, 1.54) is 12.0 Å². The van der Waals surface area contributed by atoms with E-state index in [0.29, 0.717) is 48.4 Å². The molecule has 176 valence electrons. The van der Waals surface area contributed by atoms with Gasteiger partial charge in [0.2, 0.25) is 0 Å². The number of fused-ring (bicyclic) bond motifs is 1. The highest BCUT2D eigenvalue weighted by atomic mass is 16.5. The predicted molar refractivity (Wildman–Crippen MR) is 131 cm³/mol. The van der Waals surface area contributed by atoms with Crippen molar-refractivity contribution in [3.8, 4) is 16.9 Å². The molecule has 3 heterocycles. The molecule has 0 atom stereocenters. The number of ether oxygens (including phenoxy) is 1. The first-order valence-electron chi connectivity index (χ1n) is 11.3. The summed E-state index contributed by atoms with van der Waals surface area (Å²) in [5.41, 5.74) is 3.31. The van der Waals surface area contributed by atoms with Crippen molar-refractivity contribution in [2.24, 2.45) is 0 Å². The Balaban J connectivity index is 1.37. The lowest BCUT2D eigenvalue weighted by Gasteiger charge is -2.34. The first kappa shape index (κ1) is 22.3. The maximum absolute atomic E-state index is 13.3. The molecule has 8 heteroatoms. The Hall–Kier alpha value is -4.46. The van der Waals surface area contributed by atoms with Gasteiger partial charge in [-0.05, 0) is 30.3 Å². The van der Waals surface area contributed by atoms with Crippen molar-refractivity contribution in [1.29, 1.82) is 0 Å². The van der Waals surface area contributed by atoms with Crippen LogP contribution in [0.5, 0.6) is 5.75 Å². The third-order valence-corrected chi connectivity index (χ3v) is 6.30. The van der Waals surface area contributed by atoms with E-state index < -0.39 is 11.7 Å². The molecule has 2 amide bonds. The molecule has 1 fully saturated rings. The third kappa shape index (κ3) is 4.14. The number of hydrogen-bond acceptors (Lipinski definition) is 5. The number of carbonyl (C=O) groups is 3. The number of aromatic amines is 1. The van der Waals surface area contributed by atoms with E-state index in [2.05, 4.69) is 9.97 Å². The fourth-order valence-corrected chi connectivity index (χ4v) is 4.46. The number of H-pyrrole nitrogens is 1. The smallest absolute Gasteiger partial charge is 0.295 e. The molecule has 0 unspecified atom stereocenters. The molecule has 1 N–H and O–H groups in total. The van der Waals surface area contributed by atoms with E-state index >= 15 is 0 Å². The monoisotopic (exact) mass is 468 g/mol. The summed E-state index contributed by atoms with van der Waals surface area (Å²) in [6.45, 7) is 1.33. The number of methoxy groups -OCH3 is 1. The van der Waals surface area contributed by atoms with Gasteiger partial charge in [0, 0.05) is 61.5 Å². The van der Waals surface area contributed by atoms with Gasteiger partial charge in [-0.3, -0.25) is 19.4 Å². The number of amides is 2. The van der Waals surface area contributed by atoms with Crippen LogP contribution in [0.4, 0.5) is 0 Å². The van der Waals surface area contributed by atoms with E-state index in [1.807, 2.05) is 36.4 Å². The molecule has 0 aliphatic carbocycles. The van der Waals surface area contributed by atoms with Gasteiger partial charge >= 0.3 is 0 Å². The van der Waals surface area contributed by atoms with Crippen LogP contribution in [0.2, 0.25) is 0 Å². The number of hydrogen-bond donors (Lipinski definition) is 1. The van der Waals surface area contributed by atoms with Gasteiger partial charge in [-0.25, -0.2) is 0 Å². The number of ketones is 1. The molecule has 0 spiro atoms. The van der Waals surface area contributed by atoms with E-state index in [1.54, 1.807) is 41.7 Å². The van der Waals surface area contributed by atoms with Crippen LogP contribution in [0.3, 0.4) is 0 Å². The average Bonchev–Trinajstić information content (AvgIpc) is 3.38. The number of benzene rings is 2. The summed E-state index contributed by atoms with van der Waals surface area (Å²) in [5.74, 6) is -0.774. The van der Waals surface area contributed by atoms with E-state index in [4.69, 9.17) is 4.74 Å². The summed E-state index contributed by atoms with van der Waals surface area (Å²) in [7, 11) is 1.53. The number of Topliss-reactive ketones (excluding diaryl/α,β-unsaturated/α-hetero) is 1. The second-order valence-electron chi connectivity index (χ2n) is 8.29. The Morgan fingerprint density at radius 1 is 0.914 bits per heavy atom. The quantitative estimate of drug-likeness (QED) is 0.358. The van der Waals surface area contributed by atoms with Crippen molar-refractivity contribution in [2.75, 3.05) is 33.3 Å². The van der Waals surface area contributed by atoms with Crippen molar-refractivity contribution in [2.45, 2.75) is 0 Å². The Bertz CT molecular complexity index is 1390. The van der Waals surface area contributed by atoms with Gasteiger partial charge in [0.1, 0.15) is 5.75 Å². The van der Waals surface area contributed by atoms with E-state index in [9.17, 15) is 14.4 Å². The number of piperazine rings is 1. The summed E-state index contributed by atoms with van der Waals surface area (Å²) in [4.78, 5) is 49.7. The highest BCUT2D eigenvalue weighted by Gasteiger charge is 2.31. The highest BCUT2D eigenvalue weighted by molar-refractivity contribution is 6.45. The maximum atomic E-state index is 13.3. The zero-order valence-electron chi connectivity index (χ0n) is 19.2. The molecule has 5 rings (SSSR count). The lowest BCUT2D eigenvalue weighted by atomic mass is 10.0. The first-order valence-corrected chi connectivity index (χ1v) is 11.3.